The Morgan fingerprint density at radius 3 is 3.04 bits per heavy atom. The van der Waals surface area contributed by atoms with Crippen molar-refractivity contribution in [3.63, 3.8) is 0 Å². The van der Waals surface area contributed by atoms with Gasteiger partial charge in [-0.3, -0.25) is 4.79 Å². The molecular weight excluding hydrogens is 341 g/mol. The highest BCUT2D eigenvalue weighted by Gasteiger charge is 2.12. The fraction of sp³-hybridized carbons (Fsp3) is 0.133. The number of hydrogen-bond donors (Lipinski definition) is 1. The molecule has 1 N–H and O–H groups in total. The highest BCUT2D eigenvalue weighted by atomic mass is 35.5. The summed E-state index contributed by atoms with van der Waals surface area (Å²) in [5.74, 6) is -0.0472. The van der Waals surface area contributed by atoms with Crippen molar-refractivity contribution in [1.82, 2.24) is 10.1 Å². The highest BCUT2D eigenvalue weighted by molar-refractivity contribution is 7.13. The molecule has 3 rings (SSSR count). The van der Waals surface area contributed by atoms with Gasteiger partial charge >= 0.3 is 0 Å². The van der Waals surface area contributed by atoms with Crippen LogP contribution >= 0.6 is 22.9 Å². The van der Waals surface area contributed by atoms with Crippen LogP contribution in [0, 0.1) is 5.82 Å². The third kappa shape index (κ3) is 3.94. The van der Waals surface area contributed by atoms with E-state index in [0.29, 0.717) is 16.7 Å². The number of amides is 1. The minimum Gasteiger partial charge on any atom is -0.339 e. The van der Waals surface area contributed by atoms with Crippen LogP contribution in [0.1, 0.15) is 12.3 Å². The van der Waals surface area contributed by atoms with E-state index in [-0.39, 0.29) is 24.4 Å². The number of anilines is 1. The largest absolute Gasteiger partial charge is 0.339 e. The average Bonchev–Trinajstić information content (AvgIpc) is 3.19. The lowest BCUT2D eigenvalue weighted by molar-refractivity contribution is -0.116. The van der Waals surface area contributed by atoms with Crippen LogP contribution in [0.5, 0.6) is 0 Å². The smallest absolute Gasteiger partial charge is 0.227 e. The number of carbonyl (C=O) groups excluding carboxylic acids is 1. The van der Waals surface area contributed by atoms with Gasteiger partial charge in [-0.05, 0) is 29.6 Å². The van der Waals surface area contributed by atoms with Gasteiger partial charge in [-0.25, -0.2) is 4.39 Å². The Labute approximate surface area is 140 Å². The molecule has 0 aliphatic heterocycles. The summed E-state index contributed by atoms with van der Waals surface area (Å²) in [6, 6.07) is 7.74. The van der Waals surface area contributed by atoms with Gasteiger partial charge in [-0.15, -0.1) is 11.3 Å². The first-order valence-corrected chi connectivity index (χ1v) is 7.99. The Kier molecular flexibility index (Phi) is 4.68. The maximum absolute atomic E-state index is 13.5. The minimum atomic E-state index is -0.541. The van der Waals surface area contributed by atoms with Crippen molar-refractivity contribution >= 4 is 34.5 Å². The van der Waals surface area contributed by atoms with Crippen LogP contribution in [0.25, 0.3) is 10.7 Å². The van der Waals surface area contributed by atoms with Gasteiger partial charge in [0.25, 0.3) is 0 Å². The van der Waals surface area contributed by atoms with E-state index in [1.54, 1.807) is 0 Å². The van der Waals surface area contributed by atoms with Gasteiger partial charge in [0.2, 0.25) is 17.6 Å². The van der Waals surface area contributed by atoms with E-state index in [1.165, 1.54) is 29.5 Å². The Balaban J connectivity index is 1.58. The van der Waals surface area contributed by atoms with Crippen molar-refractivity contribution < 1.29 is 13.7 Å². The quantitative estimate of drug-likeness (QED) is 0.749. The zero-order chi connectivity index (χ0) is 16.2. The van der Waals surface area contributed by atoms with Crippen molar-refractivity contribution in [3.05, 3.63) is 52.4 Å². The van der Waals surface area contributed by atoms with Gasteiger partial charge in [0, 0.05) is 17.9 Å². The first-order chi connectivity index (χ1) is 11.1. The third-order valence-corrected chi connectivity index (χ3v) is 4.08. The predicted octanol–water partition coefficient (Wildman–Crippen LogP) is 4.16. The van der Waals surface area contributed by atoms with Crippen molar-refractivity contribution in [1.29, 1.82) is 0 Å². The van der Waals surface area contributed by atoms with Gasteiger partial charge in [0.15, 0.2) is 0 Å². The van der Waals surface area contributed by atoms with Crippen molar-refractivity contribution in [2.45, 2.75) is 12.8 Å². The Bertz CT molecular complexity index is 820. The van der Waals surface area contributed by atoms with E-state index in [4.69, 9.17) is 16.1 Å². The monoisotopic (exact) mass is 351 g/mol. The van der Waals surface area contributed by atoms with E-state index in [1.807, 2.05) is 17.5 Å². The Morgan fingerprint density at radius 1 is 1.39 bits per heavy atom. The van der Waals surface area contributed by atoms with Crippen molar-refractivity contribution in [3.8, 4) is 10.7 Å². The lowest BCUT2D eigenvalue weighted by atomic mass is 10.2. The summed E-state index contributed by atoms with van der Waals surface area (Å²) in [4.78, 5) is 17.0. The number of halogens is 2. The van der Waals surface area contributed by atoms with Crippen LogP contribution in [0.15, 0.2) is 40.2 Å². The molecule has 2 aromatic heterocycles. The van der Waals surface area contributed by atoms with Crippen LogP contribution in [-0.4, -0.2) is 16.0 Å². The number of nitrogens with zero attached hydrogens (tertiary/aromatic N) is 2. The van der Waals surface area contributed by atoms with E-state index in [9.17, 15) is 9.18 Å². The number of hydrogen-bond acceptors (Lipinski definition) is 5. The molecule has 1 amide bonds. The summed E-state index contributed by atoms with van der Waals surface area (Å²) >= 11 is 7.27. The molecule has 8 heteroatoms. The molecule has 0 fully saturated rings. The summed E-state index contributed by atoms with van der Waals surface area (Å²) in [5.41, 5.74) is 0.0484. The summed E-state index contributed by atoms with van der Waals surface area (Å²) in [7, 11) is 0. The molecule has 3 aromatic rings. The standard InChI is InChI=1S/C15H11ClFN3O2S/c16-9-3-4-10(17)11(8-9)18-13(21)5-6-14-19-15(20-22-14)12-2-1-7-23-12/h1-4,7-8H,5-6H2,(H,18,21). The number of carbonyl (C=O) groups is 1. The van der Waals surface area contributed by atoms with Gasteiger partial charge in [-0.2, -0.15) is 4.98 Å². The zero-order valence-electron chi connectivity index (χ0n) is 11.8. The second-order valence-electron chi connectivity index (χ2n) is 4.66. The van der Waals surface area contributed by atoms with Gasteiger partial charge < -0.3 is 9.84 Å². The van der Waals surface area contributed by atoms with Crippen molar-refractivity contribution in [2.75, 3.05) is 5.32 Å². The molecule has 0 aliphatic carbocycles. The summed E-state index contributed by atoms with van der Waals surface area (Å²) in [6.45, 7) is 0. The molecule has 0 aliphatic rings. The van der Waals surface area contributed by atoms with E-state index >= 15 is 0 Å². The molecule has 0 saturated heterocycles. The summed E-state index contributed by atoms with van der Waals surface area (Å²) in [6.07, 6.45) is 0.365. The maximum Gasteiger partial charge on any atom is 0.227 e. The molecule has 23 heavy (non-hydrogen) atoms. The first-order valence-electron chi connectivity index (χ1n) is 6.73. The van der Waals surface area contributed by atoms with Crippen LogP contribution < -0.4 is 5.32 Å². The van der Waals surface area contributed by atoms with E-state index < -0.39 is 5.82 Å². The molecule has 0 saturated carbocycles. The topological polar surface area (TPSA) is 68.0 Å². The second-order valence-corrected chi connectivity index (χ2v) is 6.05. The maximum atomic E-state index is 13.5. The number of thiophene rings is 1. The Hall–Kier alpha value is -2.25. The lowest BCUT2D eigenvalue weighted by Crippen LogP contribution is -2.13. The molecular formula is C15H11ClFN3O2S. The van der Waals surface area contributed by atoms with Crippen LogP contribution in [0.2, 0.25) is 5.02 Å². The molecule has 0 bridgehead atoms. The van der Waals surface area contributed by atoms with Gasteiger partial charge in [0.1, 0.15) is 5.82 Å². The number of aryl methyl sites for hydroxylation is 1. The molecule has 5 nitrogen and oxygen atoms in total. The van der Waals surface area contributed by atoms with Gasteiger partial charge in [-0.1, -0.05) is 22.8 Å². The average molecular weight is 352 g/mol. The summed E-state index contributed by atoms with van der Waals surface area (Å²) < 4.78 is 18.6. The normalized spacial score (nSPS) is 10.7. The highest BCUT2D eigenvalue weighted by Crippen LogP contribution is 2.22. The molecule has 0 unspecified atom stereocenters. The number of benzene rings is 1. The molecule has 1 aromatic carbocycles. The fourth-order valence-corrected chi connectivity index (χ4v) is 2.71. The summed E-state index contributed by atoms with van der Waals surface area (Å²) in [5, 5.41) is 8.59. The van der Waals surface area contributed by atoms with E-state index in [0.717, 1.165) is 4.88 Å². The number of rotatable bonds is 5. The molecule has 118 valence electrons. The molecule has 2 heterocycles. The molecule has 0 atom stereocenters. The zero-order valence-corrected chi connectivity index (χ0v) is 13.3. The lowest BCUT2D eigenvalue weighted by Gasteiger charge is -2.05. The SMILES string of the molecule is O=C(CCc1nc(-c2cccs2)no1)Nc1cc(Cl)ccc1F. The molecule has 0 spiro atoms. The van der Waals surface area contributed by atoms with Crippen molar-refractivity contribution in [2.24, 2.45) is 0 Å². The number of aromatic nitrogens is 2. The predicted molar refractivity (Wildman–Crippen MR) is 86.0 cm³/mol. The third-order valence-electron chi connectivity index (χ3n) is 2.98. The Morgan fingerprint density at radius 2 is 2.26 bits per heavy atom. The minimum absolute atomic E-state index is 0.0484. The first kappa shape index (κ1) is 15.6. The van der Waals surface area contributed by atoms with E-state index in [2.05, 4.69) is 15.5 Å². The fourth-order valence-electron chi connectivity index (χ4n) is 1.89. The van der Waals surface area contributed by atoms with Crippen LogP contribution in [-0.2, 0) is 11.2 Å². The molecule has 0 radical (unpaired) electrons. The second kappa shape index (κ2) is 6.89. The van der Waals surface area contributed by atoms with Crippen LogP contribution in [0.4, 0.5) is 10.1 Å². The van der Waals surface area contributed by atoms with Crippen LogP contribution in [0.3, 0.4) is 0 Å². The number of nitrogens with one attached hydrogen (secondary N) is 1. The van der Waals surface area contributed by atoms with Gasteiger partial charge in [0.05, 0.1) is 10.6 Å².